The van der Waals surface area contributed by atoms with Crippen LogP contribution in [0.4, 0.5) is 5.69 Å². The molecule has 6 heteroatoms. The maximum atomic E-state index is 13.1. The first-order valence-corrected chi connectivity index (χ1v) is 9.54. The molecule has 0 aromatic heterocycles. The third kappa shape index (κ3) is 3.30. The highest BCUT2D eigenvalue weighted by Crippen LogP contribution is 2.32. The van der Waals surface area contributed by atoms with Crippen molar-refractivity contribution in [2.45, 2.75) is 26.8 Å². The van der Waals surface area contributed by atoms with Gasteiger partial charge >= 0.3 is 0 Å². The van der Waals surface area contributed by atoms with Gasteiger partial charge in [0, 0.05) is 36.8 Å². The van der Waals surface area contributed by atoms with Crippen molar-refractivity contribution in [3.8, 4) is 11.5 Å². The fourth-order valence-electron chi connectivity index (χ4n) is 3.94. The van der Waals surface area contributed by atoms with E-state index in [4.69, 9.17) is 4.74 Å². The normalized spacial score (nSPS) is 19.2. The van der Waals surface area contributed by atoms with Crippen molar-refractivity contribution in [2.24, 2.45) is 5.92 Å². The number of carbonyl (C=O) groups excluding carboxylic acids is 2. The van der Waals surface area contributed by atoms with Crippen molar-refractivity contribution >= 4 is 17.5 Å². The van der Waals surface area contributed by atoms with Gasteiger partial charge in [-0.05, 0) is 43.2 Å². The SMILES string of the molecule is Cc1cccc(N2CC(C(=O)N3CCOc4cc(O)ccc4C3)CC2=O)c1C. The third-order valence-electron chi connectivity index (χ3n) is 5.68. The molecule has 0 saturated carbocycles. The summed E-state index contributed by atoms with van der Waals surface area (Å²) in [7, 11) is 0. The predicted molar refractivity (Wildman–Crippen MR) is 105 cm³/mol. The zero-order valence-corrected chi connectivity index (χ0v) is 16.1. The molecule has 2 heterocycles. The Hall–Kier alpha value is -3.02. The van der Waals surface area contributed by atoms with Crippen LogP contribution < -0.4 is 9.64 Å². The highest BCUT2D eigenvalue weighted by Gasteiger charge is 2.38. The number of nitrogens with zero attached hydrogens (tertiary/aromatic N) is 2. The summed E-state index contributed by atoms with van der Waals surface area (Å²) in [5, 5.41) is 9.63. The van der Waals surface area contributed by atoms with Crippen LogP contribution in [0, 0.1) is 19.8 Å². The third-order valence-corrected chi connectivity index (χ3v) is 5.68. The van der Waals surface area contributed by atoms with E-state index >= 15 is 0 Å². The Morgan fingerprint density at radius 2 is 2.04 bits per heavy atom. The fourth-order valence-corrected chi connectivity index (χ4v) is 3.94. The largest absolute Gasteiger partial charge is 0.508 e. The van der Waals surface area contributed by atoms with E-state index < -0.39 is 0 Å². The average Bonchev–Trinajstić information content (AvgIpc) is 2.92. The topological polar surface area (TPSA) is 70.1 Å². The van der Waals surface area contributed by atoms with E-state index in [2.05, 4.69) is 0 Å². The molecule has 1 unspecified atom stereocenters. The molecule has 1 fully saturated rings. The van der Waals surface area contributed by atoms with Crippen LogP contribution >= 0.6 is 0 Å². The number of amides is 2. The lowest BCUT2D eigenvalue weighted by Crippen LogP contribution is -2.38. The molecule has 0 spiro atoms. The molecule has 1 saturated heterocycles. The molecule has 2 aliphatic rings. The Morgan fingerprint density at radius 3 is 2.86 bits per heavy atom. The number of aromatic hydroxyl groups is 1. The first-order valence-electron chi connectivity index (χ1n) is 9.54. The minimum Gasteiger partial charge on any atom is -0.508 e. The van der Waals surface area contributed by atoms with Crippen LogP contribution in [-0.2, 0) is 16.1 Å². The number of carbonyl (C=O) groups is 2. The zero-order chi connectivity index (χ0) is 19.8. The molecule has 146 valence electrons. The molecule has 4 rings (SSSR count). The van der Waals surface area contributed by atoms with Crippen LogP contribution in [0.25, 0.3) is 0 Å². The highest BCUT2D eigenvalue weighted by atomic mass is 16.5. The summed E-state index contributed by atoms with van der Waals surface area (Å²) in [4.78, 5) is 29.3. The molecule has 1 atom stereocenters. The molecule has 0 aliphatic carbocycles. The summed E-state index contributed by atoms with van der Waals surface area (Å²) >= 11 is 0. The number of anilines is 1. The second-order valence-corrected chi connectivity index (χ2v) is 7.52. The molecule has 2 aliphatic heterocycles. The minimum atomic E-state index is -0.355. The van der Waals surface area contributed by atoms with E-state index in [-0.39, 0.29) is 29.9 Å². The number of phenolic OH excluding ortho intramolecular Hbond substituents is 1. The Bertz CT molecular complexity index is 940. The van der Waals surface area contributed by atoms with Gasteiger partial charge in [0.25, 0.3) is 0 Å². The van der Waals surface area contributed by atoms with Crippen molar-refractivity contribution < 1.29 is 19.4 Å². The number of hydrogen-bond acceptors (Lipinski definition) is 4. The maximum Gasteiger partial charge on any atom is 0.228 e. The molecule has 28 heavy (non-hydrogen) atoms. The van der Waals surface area contributed by atoms with Crippen LogP contribution in [0.15, 0.2) is 36.4 Å². The van der Waals surface area contributed by atoms with Crippen LogP contribution in [-0.4, -0.2) is 41.5 Å². The molecule has 0 radical (unpaired) electrons. The summed E-state index contributed by atoms with van der Waals surface area (Å²) in [5.41, 5.74) is 3.95. The molecule has 2 amide bonds. The zero-order valence-electron chi connectivity index (χ0n) is 16.1. The Kier molecular flexibility index (Phi) is 4.71. The van der Waals surface area contributed by atoms with Gasteiger partial charge in [-0.3, -0.25) is 9.59 Å². The van der Waals surface area contributed by atoms with Crippen molar-refractivity contribution in [2.75, 3.05) is 24.6 Å². The van der Waals surface area contributed by atoms with Crippen molar-refractivity contribution in [1.29, 1.82) is 0 Å². The molecule has 2 aromatic carbocycles. The van der Waals surface area contributed by atoms with E-state index in [0.29, 0.717) is 32.0 Å². The predicted octanol–water partition coefficient (Wildman–Crippen LogP) is 2.78. The van der Waals surface area contributed by atoms with Gasteiger partial charge < -0.3 is 19.6 Å². The molecule has 6 nitrogen and oxygen atoms in total. The summed E-state index contributed by atoms with van der Waals surface area (Å²) < 4.78 is 5.68. The second-order valence-electron chi connectivity index (χ2n) is 7.52. The average molecular weight is 380 g/mol. The lowest BCUT2D eigenvalue weighted by atomic mass is 10.1. The van der Waals surface area contributed by atoms with E-state index in [1.807, 2.05) is 32.0 Å². The summed E-state index contributed by atoms with van der Waals surface area (Å²) in [5.74, 6) is 0.360. The maximum absolute atomic E-state index is 13.1. The summed E-state index contributed by atoms with van der Waals surface area (Å²) in [6, 6.07) is 10.9. The Morgan fingerprint density at radius 1 is 1.21 bits per heavy atom. The Labute approximate surface area is 164 Å². The summed E-state index contributed by atoms with van der Waals surface area (Å²) in [6.07, 6.45) is 0.228. The quantitative estimate of drug-likeness (QED) is 0.870. The van der Waals surface area contributed by atoms with Crippen molar-refractivity contribution in [3.05, 3.63) is 53.1 Å². The van der Waals surface area contributed by atoms with Crippen LogP contribution in [0.1, 0.15) is 23.1 Å². The van der Waals surface area contributed by atoms with E-state index in [0.717, 1.165) is 22.4 Å². The van der Waals surface area contributed by atoms with Crippen LogP contribution in [0.3, 0.4) is 0 Å². The highest BCUT2D eigenvalue weighted by molar-refractivity contribution is 6.01. The molecule has 0 bridgehead atoms. The fraction of sp³-hybridized carbons (Fsp3) is 0.364. The van der Waals surface area contributed by atoms with Gasteiger partial charge in [0.2, 0.25) is 11.8 Å². The molecule has 2 aromatic rings. The number of hydrogen-bond donors (Lipinski definition) is 1. The lowest BCUT2D eigenvalue weighted by molar-refractivity contribution is -0.136. The Balaban J connectivity index is 1.52. The molecular formula is C22H24N2O4. The number of phenols is 1. The number of benzene rings is 2. The van der Waals surface area contributed by atoms with Gasteiger partial charge in [-0.2, -0.15) is 0 Å². The van der Waals surface area contributed by atoms with Gasteiger partial charge in [-0.15, -0.1) is 0 Å². The van der Waals surface area contributed by atoms with Crippen molar-refractivity contribution in [3.63, 3.8) is 0 Å². The monoisotopic (exact) mass is 380 g/mol. The lowest BCUT2D eigenvalue weighted by Gasteiger charge is -2.24. The first-order chi connectivity index (χ1) is 13.4. The number of ether oxygens (including phenoxy) is 1. The van der Waals surface area contributed by atoms with E-state index in [9.17, 15) is 14.7 Å². The van der Waals surface area contributed by atoms with Crippen LogP contribution in [0.2, 0.25) is 0 Å². The smallest absolute Gasteiger partial charge is 0.228 e. The van der Waals surface area contributed by atoms with Crippen LogP contribution in [0.5, 0.6) is 11.5 Å². The summed E-state index contributed by atoms with van der Waals surface area (Å²) in [6.45, 7) is 5.68. The van der Waals surface area contributed by atoms with Gasteiger partial charge in [-0.1, -0.05) is 12.1 Å². The van der Waals surface area contributed by atoms with Gasteiger partial charge in [0.15, 0.2) is 0 Å². The molecule has 1 N–H and O–H groups in total. The van der Waals surface area contributed by atoms with Crippen molar-refractivity contribution in [1.82, 2.24) is 4.90 Å². The second kappa shape index (κ2) is 7.19. The van der Waals surface area contributed by atoms with Gasteiger partial charge in [-0.25, -0.2) is 0 Å². The minimum absolute atomic E-state index is 0.0107. The van der Waals surface area contributed by atoms with E-state index in [1.165, 1.54) is 0 Å². The number of aryl methyl sites for hydroxylation is 1. The standard InChI is InChI=1S/C22H24N2O4/c1-14-4-3-5-19(15(14)2)24-13-17(10-21(24)26)22(27)23-8-9-28-20-11-18(25)7-6-16(20)12-23/h3-7,11,17,25H,8-10,12-13H2,1-2H3. The first kappa shape index (κ1) is 18.3. The number of rotatable bonds is 2. The van der Waals surface area contributed by atoms with Gasteiger partial charge in [0.05, 0.1) is 12.5 Å². The molecular weight excluding hydrogens is 356 g/mol. The van der Waals surface area contributed by atoms with Gasteiger partial charge in [0.1, 0.15) is 18.1 Å². The van der Waals surface area contributed by atoms with E-state index in [1.54, 1.807) is 28.0 Å². The number of fused-ring (bicyclic) bond motifs is 1.